The molecule has 1 N–H and O–H groups in total. The molecule has 3 heteroatoms. The number of benzene rings is 1. The van der Waals surface area contributed by atoms with Crippen molar-refractivity contribution in [2.75, 3.05) is 0 Å². The Morgan fingerprint density at radius 2 is 1.78 bits per heavy atom. The van der Waals surface area contributed by atoms with E-state index in [2.05, 4.69) is 5.16 Å². The molecule has 0 atom stereocenters. The van der Waals surface area contributed by atoms with Crippen molar-refractivity contribution in [3.8, 4) is 0 Å². The second-order valence-electron chi connectivity index (χ2n) is 4.97. The van der Waals surface area contributed by atoms with Gasteiger partial charge in [-0.15, -0.1) is 0 Å². The summed E-state index contributed by atoms with van der Waals surface area (Å²) in [5, 5.41) is 11.5. The molecule has 18 heavy (non-hydrogen) atoms. The molecule has 0 aromatic heterocycles. The SMILES string of the molecule is CC(=NO)C(=O)c1ccc(C2CCCCC2)cc1. The third-order valence-corrected chi connectivity index (χ3v) is 3.73. The second-order valence-corrected chi connectivity index (χ2v) is 4.97. The van der Waals surface area contributed by atoms with Crippen LogP contribution < -0.4 is 0 Å². The number of rotatable bonds is 3. The topological polar surface area (TPSA) is 49.7 Å². The standard InChI is InChI=1S/C15H19NO2/c1-11(16-18)15(17)14-9-7-13(8-10-14)12-5-3-2-4-6-12/h7-10,12,18H,2-6H2,1H3. The van der Waals surface area contributed by atoms with Crippen molar-refractivity contribution in [2.45, 2.75) is 44.9 Å². The summed E-state index contributed by atoms with van der Waals surface area (Å²) in [6.45, 7) is 1.51. The molecule has 0 aliphatic heterocycles. The van der Waals surface area contributed by atoms with Crippen molar-refractivity contribution < 1.29 is 10.0 Å². The van der Waals surface area contributed by atoms with Crippen LogP contribution in [0.3, 0.4) is 0 Å². The highest BCUT2D eigenvalue weighted by atomic mass is 16.4. The van der Waals surface area contributed by atoms with Crippen LogP contribution in [0, 0.1) is 0 Å². The molecular formula is C15H19NO2. The largest absolute Gasteiger partial charge is 0.411 e. The van der Waals surface area contributed by atoms with Gasteiger partial charge in [0.2, 0.25) is 5.78 Å². The molecule has 96 valence electrons. The van der Waals surface area contributed by atoms with Gasteiger partial charge in [0.1, 0.15) is 5.71 Å². The fourth-order valence-electron chi connectivity index (χ4n) is 2.60. The Bertz CT molecular complexity index is 442. The molecule has 0 saturated heterocycles. The third kappa shape index (κ3) is 2.78. The summed E-state index contributed by atoms with van der Waals surface area (Å²) in [5.41, 5.74) is 2.04. The average Bonchev–Trinajstić information content (AvgIpc) is 2.47. The van der Waals surface area contributed by atoms with Crippen molar-refractivity contribution in [2.24, 2.45) is 5.16 Å². The van der Waals surface area contributed by atoms with Gasteiger partial charge in [-0.2, -0.15) is 0 Å². The Balaban J connectivity index is 2.12. The molecule has 2 rings (SSSR count). The molecule has 1 aromatic carbocycles. The number of Topliss-reactive ketones (excluding diaryl/α,β-unsaturated/α-hetero) is 1. The fraction of sp³-hybridized carbons (Fsp3) is 0.467. The van der Waals surface area contributed by atoms with E-state index >= 15 is 0 Å². The summed E-state index contributed by atoms with van der Waals surface area (Å²) in [4.78, 5) is 11.8. The molecule has 0 amide bonds. The number of carbonyl (C=O) groups is 1. The number of hydrogen-bond donors (Lipinski definition) is 1. The molecule has 1 aliphatic carbocycles. The monoisotopic (exact) mass is 245 g/mol. The maximum atomic E-state index is 11.8. The highest BCUT2D eigenvalue weighted by Gasteiger charge is 2.16. The Kier molecular flexibility index (Phi) is 4.13. The zero-order valence-electron chi connectivity index (χ0n) is 10.7. The number of hydrogen-bond acceptors (Lipinski definition) is 3. The molecule has 0 spiro atoms. The van der Waals surface area contributed by atoms with E-state index in [4.69, 9.17) is 5.21 Å². The van der Waals surface area contributed by atoms with Gasteiger partial charge in [0, 0.05) is 5.56 Å². The van der Waals surface area contributed by atoms with Crippen molar-refractivity contribution in [1.29, 1.82) is 0 Å². The van der Waals surface area contributed by atoms with Gasteiger partial charge in [-0.3, -0.25) is 4.79 Å². The van der Waals surface area contributed by atoms with Gasteiger partial charge in [-0.05, 0) is 31.2 Å². The van der Waals surface area contributed by atoms with Crippen molar-refractivity contribution >= 4 is 11.5 Å². The van der Waals surface area contributed by atoms with Crippen LogP contribution in [0.4, 0.5) is 0 Å². The number of oxime groups is 1. The Hall–Kier alpha value is -1.64. The van der Waals surface area contributed by atoms with E-state index in [0.29, 0.717) is 11.5 Å². The van der Waals surface area contributed by atoms with Crippen LogP contribution >= 0.6 is 0 Å². The quantitative estimate of drug-likeness (QED) is 0.381. The predicted molar refractivity (Wildman–Crippen MR) is 71.5 cm³/mol. The molecule has 0 unspecified atom stereocenters. The summed E-state index contributed by atoms with van der Waals surface area (Å²) in [7, 11) is 0. The van der Waals surface area contributed by atoms with Crippen LogP contribution in [-0.4, -0.2) is 16.7 Å². The van der Waals surface area contributed by atoms with E-state index < -0.39 is 0 Å². The van der Waals surface area contributed by atoms with Gasteiger partial charge in [0.15, 0.2) is 0 Å². The van der Waals surface area contributed by atoms with Gasteiger partial charge in [0.05, 0.1) is 0 Å². The molecule has 3 nitrogen and oxygen atoms in total. The lowest BCUT2D eigenvalue weighted by atomic mass is 9.84. The first-order chi connectivity index (χ1) is 8.72. The predicted octanol–water partition coefficient (Wildman–Crippen LogP) is 3.77. The highest BCUT2D eigenvalue weighted by molar-refractivity contribution is 6.45. The van der Waals surface area contributed by atoms with E-state index in [9.17, 15) is 4.79 Å². The van der Waals surface area contributed by atoms with Crippen molar-refractivity contribution in [1.82, 2.24) is 0 Å². The van der Waals surface area contributed by atoms with E-state index in [1.807, 2.05) is 24.3 Å². The number of carbonyl (C=O) groups excluding carboxylic acids is 1. The summed E-state index contributed by atoms with van der Waals surface area (Å²) < 4.78 is 0. The van der Waals surface area contributed by atoms with Crippen LogP contribution in [-0.2, 0) is 0 Å². The second kappa shape index (κ2) is 5.80. The Morgan fingerprint density at radius 3 is 2.33 bits per heavy atom. The zero-order valence-corrected chi connectivity index (χ0v) is 10.7. The lowest BCUT2D eigenvalue weighted by Gasteiger charge is -2.21. The van der Waals surface area contributed by atoms with Crippen LogP contribution in [0.1, 0.15) is 60.9 Å². The minimum atomic E-state index is -0.215. The molecule has 0 radical (unpaired) electrons. The van der Waals surface area contributed by atoms with E-state index in [1.165, 1.54) is 44.6 Å². The van der Waals surface area contributed by atoms with Crippen molar-refractivity contribution in [3.63, 3.8) is 0 Å². The summed E-state index contributed by atoms with van der Waals surface area (Å²) >= 11 is 0. The normalized spacial score (nSPS) is 17.7. The van der Waals surface area contributed by atoms with Gasteiger partial charge in [0.25, 0.3) is 0 Å². The van der Waals surface area contributed by atoms with Gasteiger partial charge in [-0.1, -0.05) is 48.7 Å². The first-order valence-corrected chi connectivity index (χ1v) is 6.55. The lowest BCUT2D eigenvalue weighted by Crippen LogP contribution is -2.11. The average molecular weight is 245 g/mol. The van der Waals surface area contributed by atoms with E-state index in [1.54, 1.807) is 0 Å². The summed E-state index contributed by atoms with van der Waals surface area (Å²) in [6, 6.07) is 7.74. The molecule has 1 aliphatic rings. The van der Waals surface area contributed by atoms with Gasteiger partial charge < -0.3 is 5.21 Å². The fourth-order valence-corrected chi connectivity index (χ4v) is 2.60. The number of ketones is 1. The maximum Gasteiger partial charge on any atom is 0.210 e. The van der Waals surface area contributed by atoms with Crippen LogP contribution in [0.25, 0.3) is 0 Å². The van der Waals surface area contributed by atoms with Crippen molar-refractivity contribution in [3.05, 3.63) is 35.4 Å². The Labute approximate surface area is 108 Å². The highest BCUT2D eigenvalue weighted by Crippen LogP contribution is 2.32. The van der Waals surface area contributed by atoms with Crippen LogP contribution in [0.5, 0.6) is 0 Å². The molecule has 0 bridgehead atoms. The Morgan fingerprint density at radius 1 is 1.17 bits per heavy atom. The van der Waals surface area contributed by atoms with Crippen LogP contribution in [0.2, 0.25) is 0 Å². The zero-order chi connectivity index (χ0) is 13.0. The lowest BCUT2D eigenvalue weighted by molar-refractivity contribution is 0.106. The molecule has 1 fully saturated rings. The molecule has 1 aromatic rings. The van der Waals surface area contributed by atoms with Gasteiger partial charge in [-0.25, -0.2) is 0 Å². The molecule has 0 heterocycles. The number of nitrogens with zero attached hydrogens (tertiary/aromatic N) is 1. The first-order valence-electron chi connectivity index (χ1n) is 6.55. The van der Waals surface area contributed by atoms with Crippen LogP contribution in [0.15, 0.2) is 29.4 Å². The third-order valence-electron chi connectivity index (χ3n) is 3.73. The first kappa shape index (κ1) is 12.8. The van der Waals surface area contributed by atoms with Gasteiger partial charge >= 0.3 is 0 Å². The minimum Gasteiger partial charge on any atom is -0.411 e. The molecule has 1 saturated carbocycles. The summed E-state index contributed by atoms with van der Waals surface area (Å²) in [6.07, 6.45) is 6.47. The smallest absolute Gasteiger partial charge is 0.210 e. The minimum absolute atomic E-state index is 0.125. The summed E-state index contributed by atoms with van der Waals surface area (Å²) in [5.74, 6) is 0.434. The molecular weight excluding hydrogens is 226 g/mol. The van der Waals surface area contributed by atoms with E-state index in [-0.39, 0.29) is 11.5 Å². The maximum absolute atomic E-state index is 11.8. The van der Waals surface area contributed by atoms with E-state index in [0.717, 1.165) is 0 Å².